The van der Waals surface area contributed by atoms with Gasteiger partial charge in [-0.25, -0.2) is 0 Å². The summed E-state index contributed by atoms with van der Waals surface area (Å²) in [6, 6.07) is 24.6. The first kappa shape index (κ1) is 28.7. The van der Waals surface area contributed by atoms with Crippen molar-refractivity contribution in [3.8, 4) is 11.5 Å². The number of nitrogens with one attached hydrogen (secondary N) is 1. The second-order valence-electron chi connectivity index (χ2n) is 9.05. The molecule has 0 bridgehead atoms. The summed E-state index contributed by atoms with van der Waals surface area (Å²) in [5.41, 5.74) is 2.14. The molecule has 1 saturated heterocycles. The fraction of sp³-hybridized carbons (Fsp3) is 0.129. The molecule has 4 aromatic carbocycles. The van der Waals surface area contributed by atoms with Gasteiger partial charge in [-0.3, -0.25) is 19.3 Å². The van der Waals surface area contributed by atoms with Crippen molar-refractivity contribution in [2.24, 2.45) is 0 Å². The van der Waals surface area contributed by atoms with Gasteiger partial charge < -0.3 is 14.8 Å². The first-order chi connectivity index (χ1) is 19.8. The molecule has 0 saturated carbocycles. The number of carbonyl (C=O) groups is 3. The fourth-order valence-electron chi connectivity index (χ4n) is 4.20. The van der Waals surface area contributed by atoms with E-state index in [-0.39, 0.29) is 4.91 Å². The van der Waals surface area contributed by atoms with Gasteiger partial charge in [-0.2, -0.15) is 0 Å². The molecule has 1 N–H and O–H groups in total. The van der Waals surface area contributed by atoms with Crippen molar-refractivity contribution >= 4 is 78.9 Å². The Bertz CT molecular complexity index is 1690. The van der Waals surface area contributed by atoms with Crippen LogP contribution in [0.1, 0.15) is 18.1 Å². The SMILES string of the molecule is CCOc1cc(/C=C2/SC(=O)N(CC(=O)Nc3ccc(Br)c(Cl)c3)C2=O)ccc1OCc1ccc2ccccc2c1. The molecule has 0 atom stereocenters. The van der Waals surface area contributed by atoms with Gasteiger partial charge in [0.1, 0.15) is 13.2 Å². The van der Waals surface area contributed by atoms with Crippen LogP contribution in [0.2, 0.25) is 5.02 Å². The molecule has 4 aromatic rings. The Hall–Kier alpha value is -3.79. The number of rotatable bonds is 9. The molecule has 1 fully saturated rings. The predicted octanol–water partition coefficient (Wildman–Crippen LogP) is 7.91. The third-order valence-corrected chi connectivity index (χ3v) is 8.29. The number of carbonyl (C=O) groups excluding carboxylic acids is 3. The third kappa shape index (κ3) is 6.93. The maximum atomic E-state index is 13.0. The molecule has 0 aliphatic carbocycles. The van der Waals surface area contributed by atoms with Crippen LogP contribution in [0.15, 0.2) is 88.2 Å². The molecule has 7 nitrogen and oxygen atoms in total. The third-order valence-electron chi connectivity index (χ3n) is 6.15. The average molecular weight is 652 g/mol. The van der Waals surface area contributed by atoms with E-state index in [1.54, 1.807) is 42.5 Å². The number of halogens is 2. The Balaban J connectivity index is 1.26. The van der Waals surface area contributed by atoms with E-state index in [0.717, 1.165) is 33.0 Å². The normalized spacial score (nSPS) is 14.1. The number of ether oxygens (including phenoxy) is 2. The first-order valence-corrected chi connectivity index (χ1v) is 14.7. The molecule has 208 valence electrons. The van der Waals surface area contributed by atoms with Crippen molar-refractivity contribution < 1.29 is 23.9 Å². The summed E-state index contributed by atoms with van der Waals surface area (Å²) in [5, 5.41) is 4.85. The van der Waals surface area contributed by atoms with E-state index in [1.807, 2.05) is 25.1 Å². The molecular formula is C31H24BrClN2O5S. The van der Waals surface area contributed by atoms with E-state index in [0.29, 0.717) is 45.5 Å². The Labute approximate surface area is 254 Å². The highest BCUT2D eigenvalue weighted by atomic mass is 79.9. The number of amides is 3. The summed E-state index contributed by atoms with van der Waals surface area (Å²) in [6.07, 6.45) is 1.60. The zero-order valence-corrected chi connectivity index (χ0v) is 25.0. The highest BCUT2D eigenvalue weighted by Crippen LogP contribution is 2.35. The van der Waals surface area contributed by atoms with Gasteiger partial charge >= 0.3 is 0 Å². The van der Waals surface area contributed by atoms with E-state index in [4.69, 9.17) is 21.1 Å². The smallest absolute Gasteiger partial charge is 0.294 e. The molecule has 1 heterocycles. The lowest BCUT2D eigenvalue weighted by Gasteiger charge is -2.13. The van der Waals surface area contributed by atoms with Crippen molar-refractivity contribution in [2.75, 3.05) is 18.5 Å². The lowest BCUT2D eigenvalue weighted by Crippen LogP contribution is -2.36. The van der Waals surface area contributed by atoms with Crippen molar-refractivity contribution in [3.63, 3.8) is 0 Å². The zero-order valence-electron chi connectivity index (χ0n) is 21.9. The zero-order chi connectivity index (χ0) is 28.9. The molecule has 3 amide bonds. The molecule has 5 rings (SSSR count). The summed E-state index contributed by atoms with van der Waals surface area (Å²) < 4.78 is 12.6. The summed E-state index contributed by atoms with van der Waals surface area (Å²) >= 11 is 10.1. The minimum absolute atomic E-state index is 0.210. The Morgan fingerprint density at radius 2 is 1.78 bits per heavy atom. The van der Waals surface area contributed by atoms with E-state index < -0.39 is 23.6 Å². The van der Waals surface area contributed by atoms with E-state index >= 15 is 0 Å². The largest absolute Gasteiger partial charge is 0.490 e. The van der Waals surface area contributed by atoms with Crippen LogP contribution >= 0.6 is 39.3 Å². The molecule has 10 heteroatoms. The van der Waals surface area contributed by atoms with Gasteiger partial charge in [0.05, 0.1) is 16.5 Å². The van der Waals surface area contributed by atoms with E-state index in [1.165, 1.54) is 0 Å². The number of benzene rings is 4. The second kappa shape index (κ2) is 12.8. The molecule has 41 heavy (non-hydrogen) atoms. The average Bonchev–Trinajstić information content (AvgIpc) is 3.21. The summed E-state index contributed by atoms with van der Waals surface area (Å²) in [6.45, 7) is 2.24. The molecule has 0 radical (unpaired) electrons. The van der Waals surface area contributed by atoms with Gasteiger partial charge in [0, 0.05) is 10.2 Å². The van der Waals surface area contributed by atoms with Crippen LogP contribution in [-0.4, -0.2) is 35.1 Å². The van der Waals surface area contributed by atoms with Gasteiger partial charge in [-0.05, 0) is 99.0 Å². The van der Waals surface area contributed by atoms with Gasteiger partial charge in [0.15, 0.2) is 11.5 Å². The number of hydrogen-bond acceptors (Lipinski definition) is 6. The number of nitrogens with zero attached hydrogens (tertiary/aromatic N) is 1. The van der Waals surface area contributed by atoms with Crippen molar-refractivity contribution in [2.45, 2.75) is 13.5 Å². The summed E-state index contributed by atoms with van der Waals surface area (Å²) in [5.74, 6) is 0.0286. The van der Waals surface area contributed by atoms with E-state index in [9.17, 15) is 14.4 Å². The predicted molar refractivity (Wildman–Crippen MR) is 166 cm³/mol. The quantitative estimate of drug-likeness (QED) is 0.185. The maximum absolute atomic E-state index is 13.0. The second-order valence-corrected chi connectivity index (χ2v) is 11.3. The number of anilines is 1. The lowest BCUT2D eigenvalue weighted by molar-refractivity contribution is -0.127. The summed E-state index contributed by atoms with van der Waals surface area (Å²) in [4.78, 5) is 39.2. The lowest BCUT2D eigenvalue weighted by atomic mass is 10.1. The van der Waals surface area contributed by atoms with Gasteiger partial charge in [-0.1, -0.05) is 54.1 Å². The topological polar surface area (TPSA) is 84.9 Å². The number of hydrogen-bond donors (Lipinski definition) is 1. The van der Waals surface area contributed by atoms with Crippen LogP contribution in [0.3, 0.4) is 0 Å². The van der Waals surface area contributed by atoms with Gasteiger partial charge in [-0.15, -0.1) is 0 Å². The summed E-state index contributed by atoms with van der Waals surface area (Å²) in [7, 11) is 0. The standard InChI is InChI=1S/C31H24BrClN2O5S/c1-2-39-27-14-19(8-12-26(27)40-18-20-7-9-21-5-3-4-6-22(21)13-20)15-28-30(37)35(31(38)41-28)17-29(36)34-23-10-11-24(32)25(33)16-23/h3-16H,2,17-18H2,1H3,(H,34,36)/b28-15+. The molecule has 1 aliphatic heterocycles. The number of imide groups is 1. The van der Waals surface area contributed by atoms with Crippen molar-refractivity contribution in [3.05, 3.63) is 104 Å². The molecular weight excluding hydrogens is 628 g/mol. The van der Waals surface area contributed by atoms with Crippen LogP contribution < -0.4 is 14.8 Å². The van der Waals surface area contributed by atoms with E-state index in [2.05, 4.69) is 45.5 Å². The van der Waals surface area contributed by atoms with Crippen LogP contribution in [0.4, 0.5) is 10.5 Å². The van der Waals surface area contributed by atoms with Crippen molar-refractivity contribution in [1.82, 2.24) is 4.90 Å². The minimum Gasteiger partial charge on any atom is -0.490 e. The van der Waals surface area contributed by atoms with Crippen LogP contribution in [-0.2, 0) is 16.2 Å². The molecule has 0 spiro atoms. The Kier molecular flexibility index (Phi) is 8.97. The van der Waals surface area contributed by atoms with Crippen molar-refractivity contribution in [1.29, 1.82) is 0 Å². The van der Waals surface area contributed by atoms with Crippen LogP contribution in [0.5, 0.6) is 11.5 Å². The Morgan fingerprint density at radius 1 is 0.976 bits per heavy atom. The van der Waals surface area contributed by atoms with Gasteiger partial charge in [0.25, 0.3) is 11.1 Å². The monoisotopic (exact) mass is 650 g/mol. The highest BCUT2D eigenvalue weighted by Gasteiger charge is 2.36. The molecule has 1 aliphatic rings. The molecule has 0 unspecified atom stereocenters. The van der Waals surface area contributed by atoms with Crippen LogP contribution in [0, 0.1) is 0 Å². The maximum Gasteiger partial charge on any atom is 0.294 e. The minimum atomic E-state index is -0.543. The number of thioether (sulfide) groups is 1. The Morgan fingerprint density at radius 3 is 2.56 bits per heavy atom. The first-order valence-electron chi connectivity index (χ1n) is 12.7. The van der Waals surface area contributed by atoms with Crippen LogP contribution in [0.25, 0.3) is 16.8 Å². The van der Waals surface area contributed by atoms with Gasteiger partial charge in [0.2, 0.25) is 5.91 Å². The molecule has 0 aromatic heterocycles. The highest BCUT2D eigenvalue weighted by molar-refractivity contribution is 9.10. The fourth-order valence-corrected chi connectivity index (χ4v) is 5.46. The number of fused-ring (bicyclic) bond motifs is 1.